The molecule has 0 aliphatic heterocycles. The third-order valence-electron chi connectivity index (χ3n) is 4.40. The summed E-state index contributed by atoms with van der Waals surface area (Å²) in [5.41, 5.74) is -0.527. The Hall–Kier alpha value is -0.820. The number of amides is 1. The van der Waals surface area contributed by atoms with E-state index < -0.39 is 15.6 Å². The third kappa shape index (κ3) is 7.52. The van der Waals surface area contributed by atoms with Gasteiger partial charge < -0.3 is 9.64 Å². The highest BCUT2D eigenvalue weighted by Gasteiger charge is 2.38. The highest BCUT2D eigenvalue weighted by Crippen LogP contribution is 2.31. The molecule has 0 saturated carbocycles. The Morgan fingerprint density at radius 2 is 1.64 bits per heavy atom. The highest BCUT2D eigenvalue weighted by molar-refractivity contribution is 7.88. The molecule has 25 heavy (non-hydrogen) atoms. The van der Waals surface area contributed by atoms with Crippen LogP contribution in [0.1, 0.15) is 67.7 Å². The summed E-state index contributed by atoms with van der Waals surface area (Å²) in [6.07, 6.45) is 3.52. The number of hydrogen-bond donors (Lipinski definition) is 0. The number of rotatable bonds is 10. The maximum atomic E-state index is 12.3. The van der Waals surface area contributed by atoms with Gasteiger partial charge in [-0.2, -0.15) is 4.31 Å². The van der Waals surface area contributed by atoms with Gasteiger partial charge in [0.1, 0.15) is 0 Å². The quantitative estimate of drug-likeness (QED) is 0.581. The summed E-state index contributed by atoms with van der Waals surface area (Å²) in [4.78, 5) is 13.8. The van der Waals surface area contributed by atoms with Crippen molar-refractivity contribution in [2.45, 2.75) is 85.4 Å². The van der Waals surface area contributed by atoms with Gasteiger partial charge in [0.25, 0.3) is 0 Å². The lowest BCUT2D eigenvalue weighted by molar-refractivity contribution is 0.0878. The Bertz CT molecular complexity index is 515. The molecule has 0 aliphatic carbocycles. The summed E-state index contributed by atoms with van der Waals surface area (Å²) < 4.78 is 31.1. The van der Waals surface area contributed by atoms with Crippen molar-refractivity contribution in [1.29, 1.82) is 0 Å². The second-order valence-electron chi connectivity index (χ2n) is 8.04. The molecule has 0 aliphatic rings. The van der Waals surface area contributed by atoms with Crippen molar-refractivity contribution in [2.24, 2.45) is 5.92 Å². The van der Waals surface area contributed by atoms with Gasteiger partial charge >= 0.3 is 6.09 Å². The number of sulfonamides is 1. The van der Waals surface area contributed by atoms with E-state index in [-0.39, 0.29) is 24.1 Å². The second-order valence-corrected chi connectivity index (χ2v) is 9.90. The van der Waals surface area contributed by atoms with Crippen LogP contribution < -0.4 is 0 Å². The van der Waals surface area contributed by atoms with Crippen molar-refractivity contribution < 1.29 is 17.9 Å². The summed E-state index contributed by atoms with van der Waals surface area (Å²) >= 11 is 0. The Balaban J connectivity index is 5.50. The fourth-order valence-electron chi connectivity index (χ4n) is 3.88. The summed E-state index contributed by atoms with van der Waals surface area (Å²) in [6.45, 7) is 14.3. The zero-order chi connectivity index (χ0) is 20.0. The Labute approximate surface area is 154 Å². The van der Waals surface area contributed by atoms with Gasteiger partial charge in [0.2, 0.25) is 10.0 Å². The van der Waals surface area contributed by atoms with Gasteiger partial charge in [0.05, 0.1) is 13.4 Å². The maximum absolute atomic E-state index is 12.3. The van der Waals surface area contributed by atoms with Crippen LogP contribution in [0.4, 0.5) is 4.79 Å². The molecule has 0 aromatic carbocycles. The topological polar surface area (TPSA) is 66.9 Å². The van der Waals surface area contributed by atoms with Crippen LogP contribution in [-0.4, -0.2) is 61.2 Å². The smallest absolute Gasteiger partial charge is 0.409 e. The van der Waals surface area contributed by atoms with Gasteiger partial charge in [0.15, 0.2) is 0 Å². The van der Waals surface area contributed by atoms with Gasteiger partial charge in [-0.25, -0.2) is 13.2 Å². The highest BCUT2D eigenvalue weighted by atomic mass is 32.2. The van der Waals surface area contributed by atoms with Crippen LogP contribution in [0.25, 0.3) is 0 Å². The van der Waals surface area contributed by atoms with Crippen molar-refractivity contribution in [2.75, 3.05) is 19.9 Å². The lowest BCUT2D eigenvalue weighted by Crippen LogP contribution is -2.52. The molecule has 0 fully saturated rings. The summed E-state index contributed by atoms with van der Waals surface area (Å²) in [6, 6.07) is -0.0832. The van der Waals surface area contributed by atoms with E-state index in [0.29, 0.717) is 13.0 Å². The molecule has 0 N–H and O–H groups in total. The van der Waals surface area contributed by atoms with Crippen LogP contribution in [-0.2, 0) is 14.8 Å². The second kappa shape index (κ2) is 9.76. The number of ether oxygens (including phenoxy) is 1. The number of carbonyl (C=O) groups excluding carboxylic acids is 1. The van der Waals surface area contributed by atoms with E-state index in [1.54, 1.807) is 9.21 Å². The largest absolute Gasteiger partial charge is 0.453 e. The minimum atomic E-state index is -3.32. The molecule has 1 amide bonds. The average Bonchev–Trinajstić information content (AvgIpc) is 2.40. The molecule has 0 bridgehead atoms. The van der Waals surface area contributed by atoms with Crippen LogP contribution in [0.2, 0.25) is 0 Å². The van der Waals surface area contributed by atoms with Crippen LogP contribution in [0.15, 0.2) is 0 Å². The first-order valence-electron chi connectivity index (χ1n) is 9.12. The van der Waals surface area contributed by atoms with Gasteiger partial charge in [-0.15, -0.1) is 0 Å². The lowest BCUT2D eigenvalue weighted by Gasteiger charge is -2.42. The van der Waals surface area contributed by atoms with E-state index in [2.05, 4.69) is 6.92 Å². The maximum Gasteiger partial charge on any atom is 0.409 e. The molecule has 0 aromatic heterocycles. The van der Waals surface area contributed by atoms with Crippen molar-refractivity contribution >= 4 is 16.1 Å². The van der Waals surface area contributed by atoms with Gasteiger partial charge in [0, 0.05) is 24.2 Å². The standard InChI is InChI=1S/C18H38N2O4S/c1-10-11-16(13-19(14(2)3)17(21)24-8)12-18(6,7)20(15(4)5)25(9,22)23/h14-16H,10-13H2,1-9H3. The molecule has 1 unspecified atom stereocenters. The SMILES string of the molecule is CCCC(CN(C(=O)OC)C(C)C)CC(C)(C)N(C(C)C)S(C)(=O)=O. The van der Waals surface area contributed by atoms with Gasteiger partial charge in [-0.3, -0.25) is 0 Å². The molecule has 0 spiro atoms. The zero-order valence-corrected chi connectivity index (χ0v) is 18.3. The number of methoxy groups -OCH3 is 1. The van der Waals surface area contributed by atoms with Crippen molar-refractivity contribution in [3.63, 3.8) is 0 Å². The van der Waals surface area contributed by atoms with Crippen LogP contribution >= 0.6 is 0 Å². The van der Waals surface area contributed by atoms with Crippen LogP contribution in [0.5, 0.6) is 0 Å². The van der Waals surface area contributed by atoms with E-state index in [1.165, 1.54) is 13.4 Å². The first-order chi connectivity index (χ1) is 11.3. The summed E-state index contributed by atoms with van der Waals surface area (Å²) in [7, 11) is -1.93. The number of nitrogens with zero attached hydrogens (tertiary/aromatic N) is 2. The number of carbonyl (C=O) groups is 1. The molecule has 0 aromatic rings. The molecule has 6 nitrogen and oxygen atoms in total. The predicted octanol–water partition coefficient (Wildman–Crippen LogP) is 3.72. The van der Waals surface area contributed by atoms with E-state index >= 15 is 0 Å². The van der Waals surface area contributed by atoms with Gasteiger partial charge in [-0.1, -0.05) is 13.3 Å². The van der Waals surface area contributed by atoms with Gasteiger partial charge in [-0.05, 0) is 60.3 Å². The predicted molar refractivity (Wildman–Crippen MR) is 103 cm³/mol. The van der Waals surface area contributed by atoms with E-state index in [9.17, 15) is 13.2 Å². The lowest BCUT2D eigenvalue weighted by atomic mass is 9.86. The van der Waals surface area contributed by atoms with E-state index in [4.69, 9.17) is 4.74 Å². The Morgan fingerprint density at radius 1 is 1.12 bits per heavy atom. The van der Waals surface area contributed by atoms with Crippen LogP contribution in [0.3, 0.4) is 0 Å². The molecular weight excluding hydrogens is 340 g/mol. The zero-order valence-electron chi connectivity index (χ0n) is 17.5. The van der Waals surface area contributed by atoms with Crippen LogP contribution in [0, 0.1) is 5.92 Å². The molecule has 7 heteroatoms. The third-order valence-corrected chi connectivity index (χ3v) is 6.03. The van der Waals surface area contributed by atoms with E-state index in [1.807, 2.05) is 41.5 Å². The fraction of sp³-hybridized carbons (Fsp3) is 0.944. The number of hydrogen-bond acceptors (Lipinski definition) is 4. The molecule has 0 rings (SSSR count). The molecule has 0 saturated heterocycles. The normalized spacial score (nSPS) is 14.2. The minimum absolute atomic E-state index is 0.0334. The van der Waals surface area contributed by atoms with E-state index in [0.717, 1.165) is 12.8 Å². The Morgan fingerprint density at radius 3 is 1.96 bits per heavy atom. The molecule has 0 heterocycles. The average molecular weight is 379 g/mol. The van der Waals surface area contributed by atoms with Crippen molar-refractivity contribution in [3.05, 3.63) is 0 Å². The Kier molecular flexibility index (Phi) is 9.44. The molecule has 1 atom stereocenters. The summed E-state index contributed by atoms with van der Waals surface area (Å²) in [5.74, 6) is 0.199. The molecule has 150 valence electrons. The first-order valence-corrected chi connectivity index (χ1v) is 11.0. The monoisotopic (exact) mass is 378 g/mol. The fourth-order valence-corrected chi connectivity index (χ4v) is 5.62. The van der Waals surface area contributed by atoms with Crippen molar-refractivity contribution in [1.82, 2.24) is 9.21 Å². The van der Waals surface area contributed by atoms with Crippen molar-refractivity contribution in [3.8, 4) is 0 Å². The summed E-state index contributed by atoms with van der Waals surface area (Å²) in [5, 5.41) is 0. The molecular formula is C18H38N2O4S. The minimum Gasteiger partial charge on any atom is -0.453 e. The molecule has 0 radical (unpaired) electrons. The first kappa shape index (κ1) is 24.2.